The van der Waals surface area contributed by atoms with Crippen LogP contribution in [0.1, 0.15) is 58.3 Å². The van der Waals surface area contributed by atoms with Crippen molar-refractivity contribution in [2.75, 3.05) is 6.54 Å². The minimum Gasteiger partial charge on any atom is -0.282 e. The number of hydrogen-bond donors (Lipinski definition) is 0. The zero-order chi connectivity index (χ0) is 17.1. The Morgan fingerprint density at radius 1 is 1.40 bits per heavy atom. The Balaban J connectivity index is 1.17. The monoisotopic (exact) mass is 352 g/mol. The first-order chi connectivity index (χ1) is 12.1. The van der Waals surface area contributed by atoms with E-state index in [4.69, 9.17) is 10.3 Å². The van der Waals surface area contributed by atoms with Crippen LogP contribution in [0.2, 0.25) is 0 Å². The molecule has 3 fully saturated rings. The van der Waals surface area contributed by atoms with Crippen LogP contribution in [0.3, 0.4) is 0 Å². The van der Waals surface area contributed by atoms with Crippen LogP contribution < -0.4 is 0 Å². The van der Waals surface area contributed by atoms with Gasteiger partial charge in [0.2, 0.25) is 0 Å². The van der Waals surface area contributed by atoms with Gasteiger partial charge in [0.25, 0.3) is 0 Å². The van der Waals surface area contributed by atoms with Gasteiger partial charge >= 0.3 is 0 Å². The number of fused-ring (bicyclic) bond motifs is 1. The van der Waals surface area contributed by atoms with Crippen LogP contribution in [0, 0.1) is 39.9 Å². The quantitative estimate of drug-likeness (QED) is 0.667. The molecule has 1 heterocycles. The van der Waals surface area contributed by atoms with Gasteiger partial charge in [-0.25, -0.2) is 0 Å². The first-order valence-corrected chi connectivity index (χ1v) is 11.0. The zero-order valence-corrected chi connectivity index (χ0v) is 16.0. The summed E-state index contributed by atoms with van der Waals surface area (Å²) in [5.41, 5.74) is 1.75. The van der Waals surface area contributed by atoms with E-state index in [0.29, 0.717) is 5.25 Å². The molecule has 5 rings (SSSR count). The molecule has 2 bridgehead atoms. The second kappa shape index (κ2) is 5.74. The molecule has 25 heavy (non-hydrogen) atoms. The van der Waals surface area contributed by atoms with Gasteiger partial charge in [0, 0.05) is 16.2 Å². The highest BCUT2D eigenvalue weighted by atomic mass is 32.2. The van der Waals surface area contributed by atoms with Crippen molar-refractivity contribution < 1.29 is 0 Å². The van der Waals surface area contributed by atoms with Crippen LogP contribution in [-0.4, -0.2) is 16.8 Å². The van der Waals surface area contributed by atoms with Gasteiger partial charge < -0.3 is 0 Å². The molecule has 0 N–H and O–H groups in total. The summed E-state index contributed by atoms with van der Waals surface area (Å²) in [6.07, 6.45) is 17.6. The van der Waals surface area contributed by atoms with Gasteiger partial charge in [0.05, 0.1) is 17.7 Å². The third-order valence-corrected chi connectivity index (χ3v) is 9.75. The Morgan fingerprint density at radius 3 is 3.00 bits per heavy atom. The van der Waals surface area contributed by atoms with Crippen LogP contribution in [0.5, 0.6) is 0 Å². The van der Waals surface area contributed by atoms with Crippen molar-refractivity contribution in [2.45, 2.75) is 63.5 Å². The summed E-state index contributed by atoms with van der Waals surface area (Å²) in [5.74, 6) is 3.16. The molecule has 132 valence electrons. The fraction of sp³-hybridized carbons (Fsp3) is 0.727. The first-order valence-electron chi connectivity index (χ1n) is 10.1. The van der Waals surface area contributed by atoms with E-state index in [1.165, 1.54) is 37.1 Å². The summed E-state index contributed by atoms with van der Waals surface area (Å²) in [4.78, 5) is 4.92. The van der Waals surface area contributed by atoms with Gasteiger partial charge in [-0.05, 0) is 80.6 Å². The summed E-state index contributed by atoms with van der Waals surface area (Å²) < 4.78 is 0. The Hall–Kier alpha value is -1.01. The molecule has 0 amide bonds. The van der Waals surface area contributed by atoms with Gasteiger partial charge in [-0.1, -0.05) is 19.1 Å². The third-order valence-electron chi connectivity index (χ3n) is 8.18. The number of nitrogens with zero attached hydrogens (tertiary/aromatic N) is 2. The minimum absolute atomic E-state index is 0.153. The summed E-state index contributed by atoms with van der Waals surface area (Å²) >= 11 is 2.03. The Morgan fingerprint density at radius 2 is 2.32 bits per heavy atom. The molecule has 0 aromatic heterocycles. The number of hydrogen-bond acceptors (Lipinski definition) is 3. The lowest BCUT2D eigenvalue weighted by Crippen LogP contribution is -2.42. The Bertz CT molecular complexity index is 714. The van der Waals surface area contributed by atoms with Gasteiger partial charge in [-0.3, -0.25) is 4.99 Å². The fourth-order valence-electron chi connectivity index (χ4n) is 6.56. The van der Waals surface area contributed by atoms with E-state index in [1.807, 2.05) is 17.8 Å². The zero-order valence-electron chi connectivity index (χ0n) is 15.2. The SMILES string of the molecule is CC1(C2CN=C(CCC3CC4CC5CCC35C4)S2)C=CC(C#N)=CC1. The molecule has 0 aromatic rings. The number of allylic oxidation sites excluding steroid dienone is 4. The number of aliphatic imine (C=N–C) groups is 1. The Labute approximate surface area is 155 Å². The molecule has 3 heteroatoms. The molecule has 0 saturated heterocycles. The largest absolute Gasteiger partial charge is 0.282 e. The van der Waals surface area contributed by atoms with Gasteiger partial charge in [0.15, 0.2) is 0 Å². The number of thioether (sulfide) groups is 1. The van der Waals surface area contributed by atoms with E-state index in [-0.39, 0.29) is 5.41 Å². The topological polar surface area (TPSA) is 36.1 Å². The molecule has 2 nitrogen and oxygen atoms in total. The van der Waals surface area contributed by atoms with E-state index in [0.717, 1.165) is 41.7 Å². The van der Waals surface area contributed by atoms with Gasteiger partial charge in [-0.15, -0.1) is 11.8 Å². The highest BCUT2D eigenvalue weighted by Crippen LogP contribution is 2.71. The maximum Gasteiger partial charge on any atom is 0.0988 e. The molecular formula is C22H28N2S. The Kier molecular flexibility index (Phi) is 3.72. The molecule has 6 unspecified atom stereocenters. The summed E-state index contributed by atoms with van der Waals surface area (Å²) in [6.45, 7) is 3.29. The van der Waals surface area contributed by atoms with Crippen LogP contribution in [0.25, 0.3) is 0 Å². The number of nitriles is 1. The predicted molar refractivity (Wildman–Crippen MR) is 104 cm³/mol. The van der Waals surface area contributed by atoms with E-state index >= 15 is 0 Å². The molecule has 0 aromatic carbocycles. The van der Waals surface area contributed by atoms with E-state index in [1.54, 1.807) is 12.8 Å². The van der Waals surface area contributed by atoms with Crippen molar-refractivity contribution in [3.63, 3.8) is 0 Å². The minimum atomic E-state index is 0.153. The smallest absolute Gasteiger partial charge is 0.0988 e. The van der Waals surface area contributed by atoms with Crippen LogP contribution in [0.4, 0.5) is 0 Å². The average Bonchev–Trinajstić information content (AvgIpc) is 3.28. The first kappa shape index (κ1) is 16.2. The molecule has 0 radical (unpaired) electrons. The maximum absolute atomic E-state index is 9.03. The standard InChI is InChI=1S/C22H28N2S/c1-21(7-4-15(13-23)5-8-21)19-14-24-20(25-19)3-2-17-10-16-11-18-6-9-22(17,18)12-16/h4-5,7,16-19H,2-3,6,8-12,14H2,1H3. The van der Waals surface area contributed by atoms with E-state index in [2.05, 4.69) is 25.1 Å². The molecule has 1 aliphatic heterocycles. The summed E-state index contributed by atoms with van der Waals surface area (Å²) in [5, 5.41) is 11.0. The molecule has 6 atom stereocenters. The highest BCUT2D eigenvalue weighted by Gasteiger charge is 2.61. The molecule has 4 aliphatic carbocycles. The highest BCUT2D eigenvalue weighted by molar-refractivity contribution is 8.14. The average molecular weight is 353 g/mol. The molecule has 5 aliphatic rings. The summed E-state index contributed by atoms with van der Waals surface area (Å²) in [7, 11) is 0. The fourth-order valence-corrected chi connectivity index (χ4v) is 7.87. The maximum atomic E-state index is 9.03. The molecular weight excluding hydrogens is 324 g/mol. The van der Waals surface area contributed by atoms with Crippen molar-refractivity contribution in [1.82, 2.24) is 0 Å². The third kappa shape index (κ3) is 2.47. The van der Waals surface area contributed by atoms with Gasteiger partial charge in [-0.2, -0.15) is 5.26 Å². The lowest BCUT2D eigenvalue weighted by molar-refractivity contribution is -0.00512. The van der Waals surface area contributed by atoms with Crippen molar-refractivity contribution in [3.05, 3.63) is 23.8 Å². The van der Waals surface area contributed by atoms with Crippen molar-refractivity contribution in [3.8, 4) is 6.07 Å². The normalized spacial score (nSPS) is 47.0. The van der Waals surface area contributed by atoms with Crippen LogP contribution in [-0.2, 0) is 0 Å². The summed E-state index contributed by atoms with van der Waals surface area (Å²) in [6, 6.07) is 2.26. The van der Waals surface area contributed by atoms with Gasteiger partial charge in [0.1, 0.15) is 0 Å². The second-order valence-corrected chi connectivity index (χ2v) is 10.7. The lowest BCUT2D eigenvalue weighted by Gasteiger charge is -2.50. The van der Waals surface area contributed by atoms with Crippen molar-refractivity contribution in [2.24, 2.45) is 33.6 Å². The van der Waals surface area contributed by atoms with E-state index < -0.39 is 0 Å². The molecule has 3 saturated carbocycles. The van der Waals surface area contributed by atoms with Crippen LogP contribution in [0.15, 0.2) is 28.8 Å². The second-order valence-electron chi connectivity index (χ2n) is 9.40. The van der Waals surface area contributed by atoms with Crippen LogP contribution >= 0.6 is 11.8 Å². The van der Waals surface area contributed by atoms with Crippen molar-refractivity contribution in [1.29, 1.82) is 5.26 Å². The van der Waals surface area contributed by atoms with E-state index in [9.17, 15) is 0 Å². The predicted octanol–water partition coefficient (Wildman–Crippen LogP) is 5.52. The molecule has 1 spiro atoms. The lowest BCUT2D eigenvalue weighted by atomic mass is 9.55. The van der Waals surface area contributed by atoms with Crippen molar-refractivity contribution >= 4 is 16.8 Å². The number of rotatable bonds is 4.